The third-order valence-corrected chi connectivity index (χ3v) is 7.67. The summed E-state index contributed by atoms with van der Waals surface area (Å²) in [6, 6.07) is 6.13. The fourth-order valence-electron chi connectivity index (χ4n) is 5.45. The number of aromatic nitrogens is 4. The summed E-state index contributed by atoms with van der Waals surface area (Å²) in [6.07, 6.45) is 3.71. The second-order valence-electron chi connectivity index (χ2n) is 11.1. The standard InChI is InChI=1S/C32H37FN8O5/c1-7-27(42)35-22-16-23(26(45-6)17-24(22)39(5)13-12-38(3)4)36-31-34-18-21(30(43)46-8-2)29(37-31)41-25-15-20(33)14-19-10-9-11-40(28(19)25)32(41)44/h7,14-18H,1,8-13H2,2-6H3,(H,35,42)(H,34,36,37). The molecule has 242 valence electrons. The van der Waals surface area contributed by atoms with Crippen LogP contribution in [0.1, 0.15) is 29.3 Å². The SMILES string of the molecule is C=CC(=O)Nc1cc(Nc2ncc(C(=O)OCC)c(-n3c(=O)n4c5c(cc(F)cc53)CCC4)n2)c(OC)cc1N(C)CCN(C)C. The number of nitrogens with zero attached hydrogens (tertiary/aromatic N) is 6. The van der Waals surface area contributed by atoms with Gasteiger partial charge in [-0.05, 0) is 57.6 Å². The van der Waals surface area contributed by atoms with Gasteiger partial charge in [-0.15, -0.1) is 0 Å². The molecule has 2 aromatic heterocycles. The zero-order valence-electron chi connectivity index (χ0n) is 26.5. The van der Waals surface area contributed by atoms with Crippen LogP contribution in [0.3, 0.4) is 0 Å². The molecule has 0 aliphatic carbocycles. The lowest BCUT2D eigenvalue weighted by atomic mass is 10.0. The number of aryl methyl sites for hydroxylation is 2. The van der Waals surface area contributed by atoms with Crippen molar-refractivity contribution < 1.29 is 23.5 Å². The van der Waals surface area contributed by atoms with Crippen LogP contribution in [0.15, 0.2) is 47.9 Å². The van der Waals surface area contributed by atoms with Gasteiger partial charge in [-0.1, -0.05) is 6.58 Å². The van der Waals surface area contributed by atoms with Crippen LogP contribution in [-0.2, 0) is 22.5 Å². The average Bonchev–Trinajstić information content (AvgIpc) is 3.31. The van der Waals surface area contributed by atoms with Crippen molar-refractivity contribution in [2.75, 3.05) is 63.5 Å². The molecule has 13 nitrogen and oxygen atoms in total. The van der Waals surface area contributed by atoms with Crippen molar-refractivity contribution in [3.05, 3.63) is 70.5 Å². The van der Waals surface area contributed by atoms with Crippen LogP contribution < -0.4 is 26.0 Å². The van der Waals surface area contributed by atoms with Crippen LogP contribution in [0.5, 0.6) is 5.75 Å². The smallest absolute Gasteiger partial charge is 0.343 e. The first-order valence-corrected chi connectivity index (χ1v) is 14.8. The molecular weight excluding hydrogens is 595 g/mol. The van der Waals surface area contributed by atoms with E-state index >= 15 is 0 Å². The Kier molecular flexibility index (Phi) is 9.37. The van der Waals surface area contributed by atoms with Gasteiger partial charge in [0, 0.05) is 45.0 Å². The van der Waals surface area contributed by atoms with Gasteiger partial charge in [0.05, 0.1) is 41.8 Å². The number of halogens is 1. The number of anilines is 4. The first kappa shape index (κ1) is 32.2. The number of amides is 1. The van der Waals surface area contributed by atoms with Crippen LogP contribution >= 0.6 is 0 Å². The van der Waals surface area contributed by atoms with Crippen LogP contribution in [-0.4, -0.2) is 83.8 Å². The third kappa shape index (κ3) is 6.29. The molecule has 0 unspecified atom stereocenters. The number of ether oxygens (including phenoxy) is 2. The summed E-state index contributed by atoms with van der Waals surface area (Å²) in [6.45, 7) is 7.16. The fraction of sp³-hybridized carbons (Fsp3) is 0.344. The lowest BCUT2D eigenvalue weighted by Crippen LogP contribution is -2.29. The van der Waals surface area contributed by atoms with E-state index in [4.69, 9.17) is 9.47 Å². The van der Waals surface area contributed by atoms with E-state index < -0.39 is 23.4 Å². The Labute approximate surface area is 265 Å². The van der Waals surface area contributed by atoms with Crippen LogP contribution in [0.2, 0.25) is 0 Å². The molecule has 0 bridgehead atoms. The van der Waals surface area contributed by atoms with E-state index in [1.807, 2.05) is 30.9 Å². The largest absolute Gasteiger partial charge is 0.494 e. The lowest BCUT2D eigenvalue weighted by Gasteiger charge is -2.26. The summed E-state index contributed by atoms with van der Waals surface area (Å²) in [5.74, 6) is -1.29. The summed E-state index contributed by atoms with van der Waals surface area (Å²) in [5, 5.41) is 5.95. The highest BCUT2D eigenvalue weighted by Crippen LogP contribution is 2.38. The van der Waals surface area contributed by atoms with Gasteiger partial charge in [0.15, 0.2) is 5.82 Å². The second kappa shape index (κ2) is 13.4. The van der Waals surface area contributed by atoms with Crippen molar-refractivity contribution in [3.63, 3.8) is 0 Å². The maximum Gasteiger partial charge on any atom is 0.343 e. The first-order valence-electron chi connectivity index (χ1n) is 14.8. The van der Waals surface area contributed by atoms with Gasteiger partial charge < -0.3 is 29.9 Å². The van der Waals surface area contributed by atoms with E-state index in [2.05, 4.69) is 27.2 Å². The van der Waals surface area contributed by atoms with Crippen molar-refractivity contribution in [3.8, 4) is 11.6 Å². The Morgan fingerprint density at radius 2 is 1.93 bits per heavy atom. The molecule has 0 atom stereocenters. The van der Waals surface area contributed by atoms with Gasteiger partial charge in [0.25, 0.3) is 0 Å². The Hall–Kier alpha value is -5.24. The lowest BCUT2D eigenvalue weighted by molar-refractivity contribution is -0.111. The maximum absolute atomic E-state index is 14.8. The number of hydrogen-bond acceptors (Lipinski definition) is 10. The minimum absolute atomic E-state index is 0.00959. The van der Waals surface area contributed by atoms with Crippen molar-refractivity contribution in [2.24, 2.45) is 0 Å². The molecule has 1 aliphatic heterocycles. The second-order valence-corrected chi connectivity index (χ2v) is 11.1. The summed E-state index contributed by atoms with van der Waals surface area (Å²) < 4.78 is 28.5. The van der Waals surface area contributed by atoms with Gasteiger partial charge in [-0.3, -0.25) is 9.36 Å². The van der Waals surface area contributed by atoms with Gasteiger partial charge in [-0.2, -0.15) is 4.98 Å². The predicted octanol–water partition coefficient (Wildman–Crippen LogP) is 3.72. The summed E-state index contributed by atoms with van der Waals surface area (Å²) in [4.78, 5) is 52.2. The zero-order valence-corrected chi connectivity index (χ0v) is 26.5. The maximum atomic E-state index is 14.8. The van der Waals surface area contributed by atoms with E-state index in [0.717, 1.165) is 6.54 Å². The average molecular weight is 633 g/mol. The van der Waals surface area contributed by atoms with Gasteiger partial charge in [-0.25, -0.2) is 23.5 Å². The number of carbonyl (C=O) groups is 2. The number of nitrogens with one attached hydrogen (secondary N) is 2. The molecule has 2 aromatic carbocycles. The van der Waals surface area contributed by atoms with Gasteiger partial charge in [0.2, 0.25) is 11.9 Å². The third-order valence-electron chi connectivity index (χ3n) is 7.67. The monoisotopic (exact) mass is 632 g/mol. The van der Waals surface area contributed by atoms with E-state index in [9.17, 15) is 18.8 Å². The normalized spacial score (nSPS) is 12.2. The summed E-state index contributed by atoms with van der Waals surface area (Å²) >= 11 is 0. The zero-order chi connectivity index (χ0) is 33.1. The quantitative estimate of drug-likeness (QED) is 0.176. The number of carbonyl (C=O) groups excluding carboxylic acids is 2. The molecule has 0 radical (unpaired) electrons. The Bertz CT molecular complexity index is 1880. The molecule has 14 heteroatoms. The number of methoxy groups -OCH3 is 1. The summed E-state index contributed by atoms with van der Waals surface area (Å²) in [7, 11) is 7.35. The number of likely N-dealkylation sites (N-methyl/N-ethyl adjacent to an activating group) is 2. The van der Waals surface area contributed by atoms with Crippen LogP contribution in [0, 0.1) is 5.82 Å². The van der Waals surface area contributed by atoms with E-state index in [1.54, 1.807) is 23.6 Å². The Morgan fingerprint density at radius 1 is 1.15 bits per heavy atom. The highest BCUT2D eigenvalue weighted by molar-refractivity contribution is 6.02. The molecule has 5 rings (SSSR count). The van der Waals surface area contributed by atoms with Gasteiger partial charge in [0.1, 0.15) is 17.1 Å². The topological polar surface area (TPSA) is 136 Å². The van der Waals surface area contributed by atoms with E-state index in [0.29, 0.717) is 59.8 Å². The minimum Gasteiger partial charge on any atom is -0.494 e. The molecule has 0 saturated heterocycles. The number of esters is 1. The fourth-order valence-corrected chi connectivity index (χ4v) is 5.45. The first-order chi connectivity index (χ1) is 22.1. The molecule has 1 aliphatic rings. The van der Waals surface area contributed by atoms with E-state index in [-0.39, 0.29) is 29.5 Å². The highest BCUT2D eigenvalue weighted by atomic mass is 19.1. The van der Waals surface area contributed by atoms with Crippen molar-refractivity contribution in [1.29, 1.82) is 0 Å². The number of rotatable bonds is 12. The molecule has 1 amide bonds. The Morgan fingerprint density at radius 3 is 2.63 bits per heavy atom. The molecule has 3 heterocycles. The minimum atomic E-state index is -0.736. The number of hydrogen-bond donors (Lipinski definition) is 2. The molecule has 2 N–H and O–H groups in total. The molecular formula is C32H37FN8O5. The molecule has 4 aromatic rings. The molecule has 46 heavy (non-hydrogen) atoms. The summed E-state index contributed by atoms with van der Waals surface area (Å²) in [5.41, 5.74) is 2.61. The number of imidazole rings is 1. The van der Waals surface area contributed by atoms with Crippen molar-refractivity contribution in [1.82, 2.24) is 24.0 Å². The molecule has 0 fully saturated rings. The number of benzene rings is 2. The van der Waals surface area contributed by atoms with Gasteiger partial charge >= 0.3 is 11.7 Å². The predicted molar refractivity (Wildman–Crippen MR) is 174 cm³/mol. The Balaban J connectivity index is 1.65. The van der Waals surface area contributed by atoms with Crippen molar-refractivity contribution in [2.45, 2.75) is 26.3 Å². The van der Waals surface area contributed by atoms with Crippen LogP contribution in [0.25, 0.3) is 16.9 Å². The van der Waals surface area contributed by atoms with Crippen LogP contribution in [0.4, 0.5) is 27.4 Å². The van der Waals surface area contributed by atoms with Crippen molar-refractivity contribution >= 4 is 45.9 Å². The van der Waals surface area contributed by atoms with E-state index in [1.165, 1.54) is 36.1 Å². The molecule has 0 saturated carbocycles. The molecule has 0 spiro atoms. The highest BCUT2D eigenvalue weighted by Gasteiger charge is 2.27.